The quantitative estimate of drug-likeness (QED) is 0.738. The number of nitrogens with two attached hydrogens (primary N) is 1. The molecule has 88 valence electrons. The first kappa shape index (κ1) is 11.9. The Morgan fingerprint density at radius 1 is 1.41 bits per heavy atom. The molecule has 0 amide bonds. The molecule has 0 saturated heterocycles. The molecule has 0 aliphatic carbocycles. The average molecular weight is 266 g/mol. The molecule has 1 heterocycles. The summed E-state index contributed by atoms with van der Waals surface area (Å²) in [6, 6.07) is 7.45. The number of rotatable bonds is 3. The first-order valence-electron chi connectivity index (χ1n) is 4.85. The van der Waals surface area contributed by atoms with Gasteiger partial charge in [-0.3, -0.25) is 0 Å². The van der Waals surface area contributed by atoms with Crippen LogP contribution in [-0.2, 0) is 0 Å². The summed E-state index contributed by atoms with van der Waals surface area (Å²) in [5, 5.41) is 9.50. The SMILES string of the molecule is NCC(=S)Nc1ccc(-c2n[nH]c(=S)o2)cc1. The van der Waals surface area contributed by atoms with Crippen LogP contribution in [0.1, 0.15) is 0 Å². The van der Waals surface area contributed by atoms with Gasteiger partial charge in [0, 0.05) is 17.8 Å². The summed E-state index contributed by atoms with van der Waals surface area (Å²) in [6.07, 6.45) is 0. The number of nitrogens with zero attached hydrogens (tertiary/aromatic N) is 1. The largest absolute Gasteiger partial charge is 0.409 e. The Hall–Kier alpha value is -1.57. The van der Waals surface area contributed by atoms with Crippen molar-refractivity contribution in [3.05, 3.63) is 29.1 Å². The molecular weight excluding hydrogens is 256 g/mol. The second kappa shape index (κ2) is 5.17. The van der Waals surface area contributed by atoms with Crippen molar-refractivity contribution in [2.45, 2.75) is 0 Å². The summed E-state index contributed by atoms with van der Waals surface area (Å²) in [7, 11) is 0. The summed E-state index contributed by atoms with van der Waals surface area (Å²) in [6.45, 7) is 0.324. The molecule has 7 heteroatoms. The molecule has 0 radical (unpaired) electrons. The molecular formula is C10H10N4OS2. The minimum Gasteiger partial charge on any atom is -0.409 e. The standard InChI is InChI=1S/C10H10N4OS2/c11-5-8(16)12-7-3-1-6(2-4-7)9-13-14-10(17)15-9/h1-4H,5,11H2,(H,12,16)(H,14,17). The van der Waals surface area contributed by atoms with E-state index in [0.717, 1.165) is 11.3 Å². The molecule has 1 aromatic heterocycles. The number of nitrogens with one attached hydrogen (secondary N) is 2. The Kier molecular flexibility index (Phi) is 3.62. The second-order valence-electron chi connectivity index (χ2n) is 3.25. The molecule has 17 heavy (non-hydrogen) atoms. The highest BCUT2D eigenvalue weighted by Crippen LogP contribution is 2.19. The van der Waals surface area contributed by atoms with Gasteiger partial charge in [0.2, 0.25) is 5.89 Å². The van der Waals surface area contributed by atoms with Gasteiger partial charge in [0.25, 0.3) is 4.84 Å². The number of aromatic nitrogens is 2. The van der Waals surface area contributed by atoms with Gasteiger partial charge in [-0.1, -0.05) is 12.2 Å². The van der Waals surface area contributed by atoms with Crippen molar-refractivity contribution in [3.63, 3.8) is 0 Å². The number of H-pyrrole nitrogens is 1. The monoisotopic (exact) mass is 266 g/mol. The van der Waals surface area contributed by atoms with E-state index in [0.29, 0.717) is 17.4 Å². The van der Waals surface area contributed by atoms with Gasteiger partial charge < -0.3 is 15.5 Å². The average Bonchev–Trinajstić information content (AvgIpc) is 2.77. The predicted molar refractivity (Wildman–Crippen MR) is 72.4 cm³/mol. The first-order valence-corrected chi connectivity index (χ1v) is 5.66. The second-order valence-corrected chi connectivity index (χ2v) is 4.11. The lowest BCUT2D eigenvalue weighted by molar-refractivity contribution is 0.552. The number of benzene rings is 1. The molecule has 1 aromatic carbocycles. The molecule has 0 atom stereocenters. The number of thiocarbonyl (C=S) groups is 1. The lowest BCUT2D eigenvalue weighted by Crippen LogP contribution is -2.19. The highest BCUT2D eigenvalue weighted by atomic mass is 32.1. The lowest BCUT2D eigenvalue weighted by atomic mass is 10.2. The fourth-order valence-corrected chi connectivity index (χ4v) is 1.50. The fourth-order valence-electron chi connectivity index (χ4n) is 1.26. The summed E-state index contributed by atoms with van der Waals surface area (Å²) < 4.78 is 5.19. The van der Waals surface area contributed by atoms with Crippen LogP contribution in [0.25, 0.3) is 11.5 Å². The van der Waals surface area contributed by atoms with Crippen molar-refractivity contribution in [3.8, 4) is 11.5 Å². The van der Waals surface area contributed by atoms with Gasteiger partial charge in [0.05, 0.1) is 4.99 Å². The smallest absolute Gasteiger partial charge is 0.284 e. The van der Waals surface area contributed by atoms with Gasteiger partial charge in [-0.15, -0.1) is 5.10 Å². The number of hydrogen-bond donors (Lipinski definition) is 3. The molecule has 0 saturated carbocycles. The summed E-state index contributed by atoms with van der Waals surface area (Å²) in [5.74, 6) is 0.461. The van der Waals surface area contributed by atoms with Crippen LogP contribution in [0.4, 0.5) is 5.69 Å². The van der Waals surface area contributed by atoms with Crippen LogP contribution in [0, 0.1) is 4.84 Å². The molecule has 0 spiro atoms. The molecule has 2 aromatic rings. The minimum absolute atomic E-state index is 0.256. The van der Waals surface area contributed by atoms with Crippen LogP contribution < -0.4 is 11.1 Å². The fraction of sp³-hybridized carbons (Fsp3) is 0.100. The Morgan fingerprint density at radius 3 is 2.65 bits per heavy atom. The summed E-state index contributed by atoms with van der Waals surface area (Å²) >= 11 is 9.78. The van der Waals surface area contributed by atoms with Crippen molar-refractivity contribution < 1.29 is 4.42 Å². The van der Waals surface area contributed by atoms with E-state index < -0.39 is 0 Å². The zero-order valence-corrected chi connectivity index (χ0v) is 10.4. The number of hydrogen-bond acceptors (Lipinski definition) is 5. The van der Waals surface area contributed by atoms with E-state index in [1.54, 1.807) is 0 Å². The van der Waals surface area contributed by atoms with Crippen molar-refractivity contribution in [1.29, 1.82) is 0 Å². The van der Waals surface area contributed by atoms with Crippen molar-refractivity contribution in [1.82, 2.24) is 10.2 Å². The van der Waals surface area contributed by atoms with Crippen molar-refractivity contribution in [2.75, 3.05) is 11.9 Å². The van der Waals surface area contributed by atoms with Crippen LogP contribution in [-0.4, -0.2) is 21.7 Å². The third-order valence-electron chi connectivity index (χ3n) is 2.04. The molecule has 0 fully saturated rings. The lowest BCUT2D eigenvalue weighted by Gasteiger charge is -2.05. The van der Waals surface area contributed by atoms with Crippen LogP contribution in [0.2, 0.25) is 0 Å². The van der Waals surface area contributed by atoms with Gasteiger partial charge in [-0.05, 0) is 36.5 Å². The maximum atomic E-state index is 5.40. The Labute approximate surface area is 108 Å². The molecule has 5 nitrogen and oxygen atoms in total. The molecule has 0 aliphatic rings. The molecule has 0 bridgehead atoms. The highest BCUT2D eigenvalue weighted by molar-refractivity contribution is 7.80. The molecule has 4 N–H and O–H groups in total. The van der Waals surface area contributed by atoms with Gasteiger partial charge in [0.15, 0.2) is 0 Å². The van der Waals surface area contributed by atoms with E-state index in [9.17, 15) is 0 Å². The Morgan fingerprint density at radius 2 is 2.12 bits per heavy atom. The van der Waals surface area contributed by atoms with Crippen molar-refractivity contribution in [2.24, 2.45) is 5.73 Å². The summed E-state index contributed by atoms with van der Waals surface area (Å²) in [4.78, 5) is 0.849. The van der Waals surface area contributed by atoms with E-state index in [1.807, 2.05) is 24.3 Å². The third-order valence-corrected chi connectivity index (χ3v) is 2.48. The van der Waals surface area contributed by atoms with Crippen LogP contribution in [0.3, 0.4) is 0 Å². The molecule has 2 rings (SSSR count). The minimum atomic E-state index is 0.256. The van der Waals surface area contributed by atoms with Gasteiger partial charge in [0.1, 0.15) is 0 Å². The van der Waals surface area contributed by atoms with E-state index in [-0.39, 0.29) is 4.84 Å². The number of anilines is 1. The predicted octanol–water partition coefficient (Wildman–Crippen LogP) is 2.10. The Balaban J connectivity index is 2.18. The van der Waals surface area contributed by atoms with E-state index in [4.69, 9.17) is 34.6 Å². The first-order chi connectivity index (χ1) is 8.19. The van der Waals surface area contributed by atoms with Gasteiger partial charge in [-0.25, -0.2) is 5.10 Å². The third kappa shape index (κ3) is 2.96. The molecule has 0 unspecified atom stereocenters. The normalized spacial score (nSPS) is 10.2. The molecule has 0 aliphatic heterocycles. The van der Waals surface area contributed by atoms with Crippen LogP contribution in [0.15, 0.2) is 28.7 Å². The Bertz CT molecular complexity index is 572. The van der Waals surface area contributed by atoms with Gasteiger partial charge in [-0.2, -0.15) is 0 Å². The topological polar surface area (TPSA) is 79.9 Å². The maximum Gasteiger partial charge on any atom is 0.284 e. The van der Waals surface area contributed by atoms with E-state index in [2.05, 4.69) is 15.5 Å². The summed E-state index contributed by atoms with van der Waals surface area (Å²) in [5.41, 5.74) is 7.11. The number of aromatic amines is 1. The maximum absolute atomic E-state index is 5.40. The highest BCUT2D eigenvalue weighted by Gasteiger charge is 2.03. The zero-order valence-electron chi connectivity index (χ0n) is 8.77. The van der Waals surface area contributed by atoms with Crippen LogP contribution >= 0.6 is 24.4 Å². The van der Waals surface area contributed by atoms with Crippen LogP contribution in [0.5, 0.6) is 0 Å². The van der Waals surface area contributed by atoms with E-state index >= 15 is 0 Å². The van der Waals surface area contributed by atoms with Crippen molar-refractivity contribution >= 4 is 35.1 Å². The van der Waals surface area contributed by atoms with E-state index in [1.165, 1.54) is 0 Å². The van der Waals surface area contributed by atoms with Gasteiger partial charge >= 0.3 is 0 Å². The zero-order chi connectivity index (χ0) is 12.3.